The van der Waals surface area contributed by atoms with Gasteiger partial charge in [0.15, 0.2) is 11.6 Å². The van der Waals surface area contributed by atoms with Crippen molar-refractivity contribution in [2.24, 2.45) is 0 Å². The van der Waals surface area contributed by atoms with Crippen LogP contribution in [0.5, 0.6) is 0 Å². The Balaban J connectivity index is -0.000000482. The van der Waals surface area contributed by atoms with Gasteiger partial charge >= 0.3 is 0 Å². The standard InChI is InChI=1S/C13H14O2.C10H12N2O2.3C2H6/c1-11(14)7-9-13(15)10-8-12-5-3-2-4-6-12;1-8(13)2-3-9(14)4-5-10-11-6-7-12-10;3*1-2/h2-6,8,10H,7,9H2,1H3;4-7H,2-3H2,1H3,(H,11,12);3*1-2H3/b10-8+;5-4+;;;. The number of hydrogen-bond acceptors (Lipinski definition) is 5. The number of carbonyl (C=O) groups excluding carboxylic acids is 4. The number of rotatable bonds is 10. The summed E-state index contributed by atoms with van der Waals surface area (Å²) in [6, 6.07) is 9.61. The molecule has 1 aromatic carbocycles. The molecule has 0 aliphatic rings. The molecule has 6 nitrogen and oxygen atoms in total. The van der Waals surface area contributed by atoms with Gasteiger partial charge in [-0.25, -0.2) is 4.98 Å². The van der Waals surface area contributed by atoms with Gasteiger partial charge in [0.25, 0.3) is 0 Å². The second-order valence-electron chi connectivity index (χ2n) is 6.39. The summed E-state index contributed by atoms with van der Waals surface area (Å²) in [7, 11) is 0. The molecule has 2 aromatic rings. The van der Waals surface area contributed by atoms with Gasteiger partial charge in [0, 0.05) is 38.1 Å². The van der Waals surface area contributed by atoms with E-state index in [0.717, 1.165) is 5.56 Å². The molecular weight excluding hydrogens is 440 g/mol. The Kier molecular flexibility index (Phi) is 27.7. The molecule has 0 radical (unpaired) electrons. The van der Waals surface area contributed by atoms with E-state index in [9.17, 15) is 19.2 Å². The number of hydrogen-bond donors (Lipinski definition) is 1. The summed E-state index contributed by atoms with van der Waals surface area (Å²) >= 11 is 0. The minimum atomic E-state index is -0.0587. The monoisotopic (exact) mass is 484 g/mol. The molecule has 1 N–H and O–H groups in total. The van der Waals surface area contributed by atoms with Crippen molar-refractivity contribution >= 4 is 35.3 Å². The van der Waals surface area contributed by atoms with Crippen molar-refractivity contribution in [1.29, 1.82) is 0 Å². The van der Waals surface area contributed by atoms with Crippen LogP contribution in [0, 0.1) is 0 Å². The van der Waals surface area contributed by atoms with Crippen molar-refractivity contribution < 1.29 is 19.2 Å². The number of Topliss-reactive ketones (excluding diaryl/α,β-unsaturated/α-hetero) is 2. The second kappa shape index (κ2) is 26.8. The van der Waals surface area contributed by atoms with Gasteiger partial charge in [-0.1, -0.05) is 78.0 Å². The van der Waals surface area contributed by atoms with E-state index in [1.54, 1.807) is 24.5 Å². The topological polar surface area (TPSA) is 97.0 Å². The smallest absolute Gasteiger partial charge is 0.156 e. The number of allylic oxidation sites excluding steroid dienone is 2. The Bertz CT molecular complexity index is 852. The van der Waals surface area contributed by atoms with Crippen LogP contribution < -0.4 is 0 Å². The highest BCUT2D eigenvalue weighted by Gasteiger charge is 2.00. The van der Waals surface area contributed by atoms with Crippen LogP contribution in [0.3, 0.4) is 0 Å². The van der Waals surface area contributed by atoms with Crippen LogP contribution in [0.2, 0.25) is 0 Å². The average Bonchev–Trinajstić information content (AvgIpc) is 3.42. The molecule has 0 saturated carbocycles. The molecule has 0 bridgehead atoms. The summed E-state index contributed by atoms with van der Waals surface area (Å²) in [4.78, 5) is 50.4. The maximum Gasteiger partial charge on any atom is 0.156 e. The normalized spacial score (nSPS) is 9.26. The van der Waals surface area contributed by atoms with Gasteiger partial charge in [-0.3, -0.25) is 9.59 Å². The molecule has 0 aliphatic heterocycles. The fourth-order valence-corrected chi connectivity index (χ4v) is 2.06. The van der Waals surface area contributed by atoms with Crippen LogP contribution in [0.15, 0.2) is 54.9 Å². The van der Waals surface area contributed by atoms with E-state index in [0.29, 0.717) is 25.1 Å². The lowest BCUT2D eigenvalue weighted by Gasteiger charge is -1.92. The van der Waals surface area contributed by atoms with Crippen molar-refractivity contribution in [3.05, 3.63) is 66.3 Å². The minimum absolute atomic E-state index is 0.00551. The number of carbonyl (C=O) groups is 4. The van der Waals surface area contributed by atoms with Gasteiger partial charge in [-0.05, 0) is 37.6 Å². The number of nitrogens with zero attached hydrogens (tertiary/aromatic N) is 1. The summed E-state index contributed by atoms with van der Waals surface area (Å²) in [6.45, 7) is 15.0. The molecule has 1 aromatic heterocycles. The highest BCUT2D eigenvalue weighted by molar-refractivity contribution is 5.96. The van der Waals surface area contributed by atoms with Gasteiger partial charge in [-0.2, -0.15) is 0 Å². The number of aromatic nitrogens is 2. The van der Waals surface area contributed by atoms with E-state index in [2.05, 4.69) is 9.97 Å². The molecule has 6 heteroatoms. The molecule has 0 amide bonds. The third kappa shape index (κ3) is 25.1. The molecule has 1 heterocycles. The maximum absolute atomic E-state index is 11.3. The lowest BCUT2D eigenvalue weighted by molar-refractivity contribution is -0.120. The first-order valence-electron chi connectivity index (χ1n) is 12.3. The Morgan fingerprint density at radius 3 is 1.57 bits per heavy atom. The number of nitrogens with one attached hydrogen (secondary N) is 1. The number of H-pyrrole nitrogens is 1. The summed E-state index contributed by atoms with van der Waals surface area (Å²) < 4.78 is 0. The highest BCUT2D eigenvalue weighted by atomic mass is 16.1. The Hall–Kier alpha value is -3.41. The number of ketones is 4. The van der Waals surface area contributed by atoms with E-state index in [1.165, 1.54) is 26.0 Å². The molecule has 0 unspecified atom stereocenters. The van der Waals surface area contributed by atoms with Crippen molar-refractivity contribution in [1.82, 2.24) is 9.97 Å². The summed E-state index contributed by atoms with van der Waals surface area (Å²) in [5.41, 5.74) is 0.994. The van der Waals surface area contributed by atoms with E-state index in [4.69, 9.17) is 0 Å². The fraction of sp³-hybridized carbons (Fsp3) is 0.414. The third-order valence-corrected chi connectivity index (χ3v) is 3.65. The molecule has 35 heavy (non-hydrogen) atoms. The van der Waals surface area contributed by atoms with Crippen molar-refractivity contribution in [3.8, 4) is 0 Å². The molecule has 0 fully saturated rings. The first kappa shape index (κ1) is 36.2. The molecule has 0 atom stereocenters. The first-order chi connectivity index (χ1) is 16.9. The number of benzene rings is 1. The zero-order valence-corrected chi connectivity index (χ0v) is 22.8. The van der Waals surface area contributed by atoms with Crippen molar-refractivity contribution in [3.63, 3.8) is 0 Å². The zero-order chi connectivity index (χ0) is 27.5. The molecule has 0 saturated heterocycles. The van der Waals surface area contributed by atoms with Crippen LogP contribution in [0.25, 0.3) is 12.2 Å². The maximum atomic E-state index is 11.3. The molecule has 0 aliphatic carbocycles. The van der Waals surface area contributed by atoms with Gasteiger partial charge in [0.05, 0.1) is 0 Å². The van der Waals surface area contributed by atoms with E-state index in [1.807, 2.05) is 71.9 Å². The van der Waals surface area contributed by atoms with Gasteiger partial charge in [0.1, 0.15) is 17.4 Å². The summed E-state index contributed by atoms with van der Waals surface area (Å²) in [5.74, 6) is 0.660. The number of imidazole rings is 1. The average molecular weight is 485 g/mol. The predicted octanol–water partition coefficient (Wildman–Crippen LogP) is 7.08. The van der Waals surface area contributed by atoms with Crippen LogP contribution in [-0.4, -0.2) is 33.1 Å². The quantitative estimate of drug-likeness (QED) is 0.363. The first-order valence-corrected chi connectivity index (χ1v) is 12.3. The number of aromatic amines is 1. The molecule has 194 valence electrons. The lowest BCUT2D eigenvalue weighted by atomic mass is 10.1. The van der Waals surface area contributed by atoms with E-state index in [-0.39, 0.29) is 29.6 Å². The van der Waals surface area contributed by atoms with Gasteiger partial charge in [-0.15, -0.1) is 0 Å². The second-order valence-corrected chi connectivity index (χ2v) is 6.39. The van der Waals surface area contributed by atoms with E-state index >= 15 is 0 Å². The van der Waals surface area contributed by atoms with Crippen LogP contribution in [-0.2, 0) is 19.2 Å². The van der Waals surface area contributed by atoms with Crippen LogP contribution >= 0.6 is 0 Å². The Morgan fingerprint density at radius 1 is 0.714 bits per heavy atom. The Morgan fingerprint density at radius 2 is 1.17 bits per heavy atom. The third-order valence-electron chi connectivity index (χ3n) is 3.65. The molecule has 0 spiro atoms. The lowest BCUT2D eigenvalue weighted by Crippen LogP contribution is -1.97. The molecular formula is C29H44N2O4. The summed E-state index contributed by atoms with van der Waals surface area (Å²) in [6.07, 6.45) is 10.8. The zero-order valence-electron chi connectivity index (χ0n) is 22.8. The summed E-state index contributed by atoms with van der Waals surface area (Å²) in [5, 5.41) is 0. The largest absolute Gasteiger partial charge is 0.345 e. The van der Waals surface area contributed by atoms with Crippen LogP contribution in [0.1, 0.15) is 92.5 Å². The predicted molar refractivity (Wildman–Crippen MR) is 147 cm³/mol. The Labute approximate surface area is 212 Å². The SMILES string of the molecule is CC.CC.CC.CC(=O)CCC(=O)/C=C/c1ccccc1.CC(=O)CCC(=O)/C=C/c1ncc[nH]1. The molecule has 2 rings (SSSR count). The van der Waals surface area contributed by atoms with Crippen molar-refractivity contribution in [2.45, 2.75) is 81.1 Å². The minimum Gasteiger partial charge on any atom is -0.345 e. The van der Waals surface area contributed by atoms with Gasteiger partial charge < -0.3 is 14.6 Å². The van der Waals surface area contributed by atoms with Crippen molar-refractivity contribution in [2.75, 3.05) is 0 Å². The van der Waals surface area contributed by atoms with Gasteiger partial charge in [0.2, 0.25) is 0 Å². The highest BCUT2D eigenvalue weighted by Crippen LogP contribution is 2.02. The fourth-order valence-electron chi connectivity index (χ4n) is 2.06. The van der Waals surface area contributed by atoms with Crippen LogP contribution in [0.4, 0.5) is 0 Å². The van der Waals surface area contributed by atoms with E-state index < -0.39 is 0 Å².